The summed E-state index contributed by atoms with van der Waals surface area (Å²) < 4.78 is 2.09. The van der Waals surface area contributed by atoms with Crippen LogP contribution in [0.4, 0.5) is 0 Å². The van der Waals surface area contributed by atoms with E-state index in [9.17, 15) is 4.79 Å². The molecule has 0 aromatic carbocycles. The number of rotatable bonds is 6. The maximum atomic E-state index is 12.6. The van der Waals surface area contributed by atoms with Gasteiger partial charge in [-0.25, -0.2) is 0 Å². The molecule has 5 nitrogen and oxygen atoms in total. The van der Waals surface area contributed by atoms with Crippen LogP contribution in [0.25, 0.3) is 0 Å². The molecule has 4 rings (SSSR count). The Labute approximate surface area is 164 Å². The van der Waals surface area contributed by atoms with Gasteiger partial charge in [0.25, 0.3) is 0 Å². The lowest BCUT2D eigenvalue weighted by atomic mass is 9.79. The monoisotopic (exact) mass is 372 g/mol. The van der Waals surface area contributed by atoms with E-state index in [1.165, 1.54) is 49.9 Å². The minimum atomic E-state index is 0.327. The van der Waals surface area contributed by atoms with Gasteiger partial charge in [0.2, 0.25) is 5.91 Å². The highest BCUT2D eigenvalue weighted by Crippen LogP contribution is 2.43. The second-order valence-electron chi connectivity index (χ2n) is 9.76. The van der Waals surface area contributed by atoms with Crippen molar-refractivity contribution in [2.45, 2.75) is 71.3 Å². The first-order valence-corrected chi connectivity index (χ1v) is 11.0. The molecule has 3 heterocycles. The number of nitrogens with zero attached hydrogens (tertiary/aromatic N) is 4. The van der Waals surface area contributed by atoms with Crippen LogP contribution in [0.15, 0.2) is 6.20 Å². The summed E-state index contributed by atoms with van der Waals surface area (Å²) in [5, 5.41) is 4.54. The Bertz CT molecular complexity index is 678. The largest absolute Gasteiger partial charge is 0.342 e. The molecule has 1 aromatic heterocycles. The SMILES string of the molecule is CC(C)CCC(=O)N1CCC2(CCCN(Cc3cnn(C)c3C3CC3)C2)C1. The van der Waals surface area contributed by atoms with E-state index in [1.54, 1.807) is 0 Å². The van der Waals surface area contributed by atoms with Crippen molar-refractivity contribution in [3.05, 3.63) is 17.5 Å². The predicted molar refractivity (Wildman–Crippen MR) is 107 cm³/mol. The van der Waals surface area contributed by atoms with Crippen molar-refractivity contribution in [3.63, 3.8) is 0 Å². The van der Waals surface area contributed by atoms with Crippen LogP contribution in [-0.4, -0.2) is 51.7 Å². The summed E-state index contributed by atoms with van der Waals surface area (Å²) in [7, 11) is 2.09. The molecule has 1 aliphatic carbocycles. The van der Waals surface area contributed by atoms with Gasteiger partial charge in [-0.05, 0) is 51.0 Å². The quantitative estimate of drug-likeness (QED) is 0.767. The summed E-state index contributed by atoms with van der Waals surface area (Å²) >= 11 is 0. The molecule has 150 valence electrons. The Morgan fingerprint density at radius 2 is 2.07 bits per heavy atom. The van der Waals surface area contributed by atoms with Crippen LogP contribution in [0.2, 0.25) is 0 Å². The van der Waals surface area contributed by atoms with Crippen molar-refractivity contribution in [3.8, 4) is 0 Å². The molecule has 0 radical (unpaired) electrons. The Balaban J connectivity index is 1.36. The number of aromatic nitrogens is 2. The van der Waals surface area contributed by atoms with Gasteiger partial charge in [-0.1, -0.05) is 13.8 Å². The third kappa shape index (κ3) is 4.23. The zero-order chi connectivity index (χ0) is 19.0. The molecule has 2 saturated heterocycles. The van der Waals surface area contributed by atoms with E-state index in [0.717, 1.165) is 44.9 Å². The van der Waals surface area contributed by atoms with Gasteiger partial charge in [-0.2, -0.15) is 5.10 Å². The topological polar surface area (TPSA) is 41.4 Å². The molecule has 1 saturated carbocycles. The van der Waals surface area contributed by atoms with Crippen LogP contribution in [0.1, 0.15) is 76.0 Å². The smallest absolute Gasteiger partial charge is 0.222 e. The normalized spacial score (nSPS) is 26.4. The summed E-state index contributed by atoms with van der Waals surface area (Å²) in [6.45, 7) is 9.69. The highest BCUT2D eigenvalue weighted by molar-refractivity contribution is 5.76. The standard InChI is InChI=1S/C22H36N4O/c1-17(2)5-8-20(27)26-12-10-22(16-26)9-4-11-25(15-22)14-19-13-23-24(3)21(19)18-6-7-18/h13,17-18H,4-12,14-16H2,1-3H3. The van der Waals surface area contributed by atoms with Gasteiger partial charge in [-0.15, -0.1) is 0 Å². The number of hydrogen-bond donors (Lipinski definition) is 0. The van der Waals surface area contributed by atoms with Gasteiger partial charge in [-0.3, -0.25) is 14.4 Å². The first-order chi connectivity index (χ1) is 13.0. The van der Waals surface area contributed by atoms with Gasteiger partial charge in [0, 0.05) is 62.2 Å². The predicted octanol–water partition coefficient (Wildman–Crippen LogP) is 3.55. The van der Waals surface area contributed by atoms with Gasteiger partial charge in [0.15, 0.2) is 0 Å². The number of piperidine rings is 1. The van der Waals surface area contributed by atoms with Crippen molar-refractivity contribution in [2.24, 2.45) is 18.4 Å². The maximum absolute atomic E-state index is 12.6. The molecule has 3 aliphatic rings. The van der Waals surface area contributed by atoms with E-state index in [-0.39, 0.29) is 0 Å². The fourth-order valence-electron chi connectivity index (χ4n) is 5.23. The highest BCUT2D eigenvalue weighted by Gasteiger charge is 2.42. The van der Waals surface area contributed by atoms with Crippen LogP contribution < -0.4 is 0 Å². The van der Waals surface area contributed by atoms with Crippen LogP contribution in [0, 0.1) is 11.3 Å². The summed E-state index contributed by atoms with van der Waals surface area (Å²) in [5.41, 5.74) is 3.22. The first-order valence-electron chi connectivity index (χ1n) is 11.0. The summed E-state index contributed by atoms with van der Waals surface area (Å²) in [4.78, 5) is 17.4. The summed E-state index contributed by atoms with van der Waals surface area (Å²) in [6, 6.07) is 0. The van der Waals surface area contributed by atoms with E-state index >= 15 is 0 Å². The number of likely N-dealkylation sites (tertiary alicyclic amines) is 2. The molecular weight excluding hydrogens is 336 g/mol. The van der Waals surface area contributed by atoms with Crippen molar-refractivity contribution in [1.82, 2.24) is 19.6 Å². The average molecular weight is 373 g/mol. The van der Waals surface area contributed by atoms with Crippen LogP contribution in [0.5, 0.6) is 0 Å². The number of aryl methyl sites for hydroxylation is 1. The Morgan fingerprint density at radius 1 is 1.26 bits per heavy atom. The lowest BCUT2D eigenvalue weighted by Crippen LogP contribution is -2.45. The van der Waals surface area contributed by atoms with Gasteiger partial charge in [0.1, 0.15) is 0 Å². The third-order valence-electron chi connectivity index (χ3n) is 6.89. The fraction of sp³-hybridized carbons (Fsp3) is 0.818. The molecule has 1 amide bonds. The van der Waals surface area contributed by atoms with E-state index in [4.69, 9.17) is 0 Å². The van der Waals surface area contributed by atoms with Crippen LogP contribution in [-0.2, 0) is 18.4 Å². The van der Waals surface area contributed by atoms with E-state index in [1.807, 2.05) is 0 Å². The first kappa shape index (κ1) is 19.0. The number of carbonyl (C=O) groups excluding carboxylic acids is 1. The van der Waals surface area contributed by atoms with Crippen molar-refractivity contribution >= 4 is 5.91 Å². The van der Waals surface area contributed by atoms with Gasteiger partial charge >= 0.3 is 0 Å². The Morgan fingerprint density at radius 3 is 2.81 bits per heavy atom. The zero-order valence-electron chi connectivity index (χ0n) is 17.4. The molecule has 2 aliphatic heterocycles. The van der Waals surface area contributed by atoms with Crippen molar-refractivity contribution < 1.29 is 4.79 Å². The average Bonchev–Trinajstić information content (AvgIpc) is 3.29. The molecule has 5 heteroatoms. The molecule has 1 atom stereocenters. The van der Waals surface area contributed by atoms with Crippen molar-refractivity contribution in [2.75, 3.05) is 26.2 Å². The van der Waals surface area contributed by atoms with Crippen LogP contribution in [0.3, 0.4) is 0 Å². The molecule has 0 N–H and O–H groups in total. The lowest BCUT2D eigenvalue weighted by Gasteiger charge is -2.40. The molecule has 3 fully saturated rings. The minimum absolute atomic E-state index is 0.327. The third-order valence-corrected chi connectivity index (χ3v) is 6.89. The summed E-state index contributed by atoms with van der Waals surface area (Å²) in [5.74, 6) is 1.73. The molecule has 1 aromatic rings. The second-order valence-corrected chi connectivity index (χ2v) is 9.76. The van der Waals surface area contributed by atoms with Crippen LogP contribution >= 0.6 is 0 Å². The molecular formula is C22H36N4O. The maximum Gasteiger partial charge on any atom is 0.222 e. The Kier molecular flexibility index (Phi) is 5.32. The molecule has 1 spiro atoms. The van der Waals surface area contributed by atoms with Gasteiger partial charge < -0.3 is 4.90 Å². The number of amides is 1. The second kappa shape index (κ2) is 7.57. The lowest BCUT2D eigenvalue weighted by molar-refractivity contribution is -0.131. The molecule has 1 unspecified atom stereocenters. The number of hydrogen-bond acceptors (Lipinski definition) is 3. The van der Waals surface area contributed by atoms with E-state index < -0.39 is 0 Å². The Hall–Kier alpha value is -1.36. The minimum Gasteiger partial charge on any atom is -0.342 e. The molecule has 27 heavy (non-hydrogen) atoms. The summed E-state index contributed by atoms with van der Waals surface area (Å²) in [6.07, 6.45) is 10.2. The fourth-order valence-corrected chi connectivity index (χ4v) is 5.23. The van der Waals surface area contributed by atoms with Crippen molar-refractivity contribution in [1.29, 1.82) is 0 Å². The van der Waals surface area contributed by atoms with E-state index in [0.29, 0.717) is 17.2 Å². The number of carbonyl (C=O) groups is 1. The van der Waals surface area contributed by atoms with Gasteiger partial charge in [0.05, 0.1) is 6.20 Å². The highest BCUT2D eigenvalue weighted by atomic mass is 16.2. The zero-order valence-corrected chi connectivity index (χ0v) is 17.4. The molecule has 0 bridgehead atoms. The van der Waals surface area contributed by atoms with E-state index in [2.05, 4.69) is 46.7 Å².